The van der Waals surface area contributed by atoms with Crippen LogP contribution in [0.2, 0.25) is 0 Å². The molecule has 0 fully saturated rings. The number of hydrogen-bond acceptors (Lipinski definition) is 6. The zero-order chi connectivity index (χ0) is 25.1. The first-order chi connectivity index (χ1) is 17.5. The molecule has 1 aliphatic carbocycles. The molecule has 5 rings (SSSR count). The van der Waals surface area contributed by atoms with Crippen LogP contribution in [-0.4, -0.2) is 27.4 Å². The molecule has 2 aromatic carbocycles. The van der Waals surface area contributed by atoms with E-state index in [0.717, 1.165) is 64.7 Å². The lowest BCUT2D eigenvalue weighted by Crippen LogP contribution is -2.24. The van der Waals surface area contributed by atoms with E-state index in [-0.39, 0.29) is 17.2 Å². The number of carbonyl (C=O) groups excluding carboxylic acids is 1. The Kier molecular flexibility index (Phi) is 7.34. The molecule has 0 saturated carbocycles. The van der Waals surface area contributed by atoms with E-state index in [0.29, 0.717) is 5.16 Å². The Labute approximate surface area is 218 Å². The molecular weight excluding hydrogens is 488 g/mol. The van der Waals surface area contributed by atoms with Gasteiger partial charge in [0, 0.05) is 4.88 Å². The molecule has 0 unspecified atom stereocenters. The van der Waals surface area contributed by atoms with E-state index >= 15 is 0 Å². The van der Waals surface area contributed by atoms with Gasteiger partial charge in [-0.25, -0.2) is 10.4 Å². The van der Waals surface area contributed by atoms with Crippen LogP contribution >= 0.6 is 23.1 Å². The maximum absolute atomic E-state index is 13.8. The molecule has 36 heavy (non-hydrogen) atoms. The predicted octanol–water partition coefficient (Wildman–Crippen LogP) is 5.44. The van der Waals surface area contributed by atoms with Crippen LogP contribution < -0.4 is 11.0 Å². The zero-order valence-corrected chi connectivity index (χ0v) is 22.0. The standard InChI is InChI=1S/C28H28N4O2S2/c1-3-19-10-12-20(13-11-19)16-29-31-24(33)17-35-28-30-26-25(22-6-4-5-7-23(22)36-26)27(34)32(28)21-14-8-18(2)9-15-21/h8-16H,3-7,17H2,1-2H3,(H,31,33)/b29-16-. The van der Waals surface area contributed by atoms with E-state index in [1.165, 1.54) is 22.2 Å². The first kappa shape index (κ1) is 24.5. The third-order valence-corrected chi connectivity index (χ3v) is 8.50. The molecule has 0 saturated heterocycles. The Morgan fingerprint density at radius 3 is 2.64 bits per heavy atom. The van der Waals surface area contributed by atoms with Crippen molar-refractivity contribution < 1.29 is 4.79 Å². The van der Waals surface area contributed by atoms with Crippen LogP contribution in [0, 0.1) is 6.92 Å². The van der Waals surface area contributed by atoms with Crippen molar-refractivity contribution in [3.8, 4) is 5.69 Å². The van der Waals surface area contributed by atoms with Gasteiger partial charge < -0.3 is 0 Å². The fraction of sp³-hybridized carbons (Fsp3) is 0.286. The maximum atomic E-state index is 13.8. The minimum atomic E-state index is -0.253. The van der Waals surface area contributed by atoms with Crippen LogP contribution in [-0.2, 0) is 24.1 Å². The summed E-state index contributed by atoms with van der Waals surface area (Å²) in [6.45, 7) is 4.13. The summed E-state index contributed by atoms with van der Waals surface area (Å²) in [7, 11) is 0. The molecule has 184 valence electrons. The molecule has 0 aliphatic heterocycles. The van der Waals surface area contributed by atoms with Crippen LogP contribution in [0.3, 0.4) is 0 Å². The SMILES string of the molecule is CCc1ccc(/C=N\NC(=O)CSc2nc3sc4c(c3c(=O)n2-c2ccc(C)cc2)CCCC4)cc1. The average Bonchev–Trinajstić information content (AvgIpc) is 3.27. The van der Waals surface area contributed by atoms with Gasteiger partial charge in [-0.05, 0) is 67.9 Å². The lowest BCUT2D eigenvalue weighted by atomic mass is 9.97. The number of hydrogen-bond donors (Lipinski definition) is 1. The van der Waals surface area contributed by atoms with Crippen LogP contribution in [0.25, 0.3) is 15.9 Å². The number of aromatic nitrogens is 2. The highest BCUT2D eigenvalue weighted by molar-refractivity contribution is 7.99. The van der Waals surface area contributed by atoms with Crippen LogP contribution in [0.4, 0.5) is 0 Å². The lowest BCUT2D eigenvalue weighted by molar-refractivity contribution is -0.118. The van der Waals surface area contributed by atoms with Gasteiger partial charge in [-0.2, -0.15) is 5.10 Å². The number of thiophene rings is 1. The molecule has 2 heterocycles. The quantitative estimate of drug-likeness (QED) is 0.154. The van der Waals surface area contributed by atoms with Gasteiger partial charge in [0.25, 0.3) is 11.5 Å². The largest absolute Gasteiger partial charge is 0.272 e. The molecular formula is C28H28N4O2S2. The highest BCUT2D eigenvalue weighted by atomic mass is 32.2. The Morgan fingerprint density at radius 1 is 1.14 bits per heavy atom. The van der Waals surface area contributed by atoms with Crippen molar-refractivity contribution in [3.63, 3.8) is 0 Å². The van der Waals surface area contributed by atoms with Crippen LogP contribution in [0.15, 0.2) is 63.6 Å². The minimum absolute atomic E-state index is 0.0558. The summed E-state index contributed by atoms with van der Waals surface area (Å²) < 4.78 is 1.65. The Balaban J connectivity index is 1.40. The first-order valence-corrected chi connectivity index (χ1v) is 14.0. The van der Waals surface area contributed by atoms with Crippen molar-refractivity contribution in [2.45, 2.75) is 51.1 Å². The highest BCUT2D eigenvalue weighted by Crippen LogP contribution is 2.35. The van der Waals surface area contributed by atoms with Crippen molar-refractivity contribution in [1.29, 1.82) is 0 Å². The maximum Gasteiger partial charge on any atom is 0.267 e. The summed E-state index contributed by atoms with van der Waals surface area (Å²) in [6, 6.07) is 15.9. The number of thioether (sulfide) groups is 1. The molecule has 0 atom stereocenters. The normalized spacial score (nSPS) is 13.3. The van der Waals surface area contributed by atoms with Gasteiger partial charge in [-0.15, -0.1) is 11.3 Å². The summed E-state index contributed by atoms with van der Waals surface area (Å²) >= 11 is 2.87. The van der Waals surface area contributed by atoms with Crippen molar-refractivity contribution in [1.82, 2.24) is 15.0 Å². The van der Waals surface area contributed by atoms with E-state index in [1.807, 2.05) is 55.5 Å². The number of rotatable bonds is 7. The summed E-state index contributed by atoms with van der Waals surface area (Å²) in [6.07, 6.45) is 6.79. The van der Waals surface area contributed by atoms with Gasteiger partial charge in [0.1, 0.15) is 4.83 Å². The van der Waals surface area contributed by atoms with Gasteiger partial charge >= 0.3 is 0 Å². The Hall–Kier alpha value is -3.23. The van der Waals surface area contributed by atoms with Gasteiger partial charge in [0.05, 0.1) is 23.0 Å². The van der Waals surface area contributed by atoms with Crippen molar-refractivity contribution >= 4 is 45.4 Å². The highest BCUT2D eigenvalue weighted by Gasteiger charge is 2.23. The number of amides is 1. The third kappa shape index (κ3) is 5.15. The molecule has 4 aromatic rings. The molecule has 1 aliphatic rings. The van der Waals surface area contributed by atoms with Gasteiger partial charge in [0.15, 0.2) is 5.16 Å². The van der Waals surface area contributed by atoms with Gasteiger partial charge in [0.2, 0.25) is 0 Å². The van der Waals surface area contributed by atoms with E-state index in [4.69, 9.17) is 4.98 Å². The van der Waals surface area contributed by atoms with E-state index < -0.39 is 0 Å². The number of nitrogens with zero attached hydrogens (tertiary/aromatic N) is 3. The molecule has 6 nitrogen and oxygen atoms in total. The van der Waals surface area contributed by atoms with Gasteiger partial charge in [-0.1, -0.05) is 60.6 Å². The van der Waals surface area contributed by atoms with E-state index in [1.54, 1.807) is 22.1 Å². The number of fused-ring (bicyclic) bond motifs is 3. The second kappa shape index (κ2) is 10.8. The van der Waals surface area contributed by atoms with Crippen molar-refractivity contribution in [3.05, 3.63) is 86.0 Å². The van der Waals surface area contributed by atoms with Gasteiger partial charge in [-0.3, -0.25) is 14.2 Å². The molecule has 0 spiro atoms. The summed E-state index contributed by atoms with van der Waals surface area (Å²) in [5.74, 6) is -0.155. The fourth-order valence-electron chi connectivity index (χ4n) is 4.39. The Morgan fingerprint density at radius 2 is 1.89 bits per heavy atom. The monoisotopic (exact) mass is 516 g/mol. The number of benzene rings is 2. The van der Waals surface area contributed by atoms with E-state index in [9.17, 15) is 9.59 Å². The zero-order valence-electron chi connectivity index (χ0n) is 20.4. The fourth-order valence-corrected chi connectivity index (χ4v) is 6.49. The minimum Gasteiger partial charge on any atom is -0.272 e. The molecule has 0 bridgehead atoms. The van der Waals surface area contributed by atoms with Crippen molar-refractivity contribution in [2.24, 2.45) is 5.10 Å². The van der Waals surface area contributed by atoms with Crippen LogP contribution in [0.5, 0.6) is 0 Å². The van der Waals surface area contributed by atoms with Crippen LogP contribution in [0.1, 0.15) is 46.9 Å². The Bertz CT molecular complexity index is 1490. The average molecular weight is 517 g/mol. The van der Waals surface area contributed by atoms with Crippen molar-refractivity contribution in [2.75, 3.05) is 5.75 Å². The lowest BCUT2D eigenvalue weighted by Gasteiger charge is -2.13. The number of hydrazone groups is 1. The molecule has 0 radical (unpaired) electrons. The smallest absolute Gasteiger partial charge is 0.267 e. The first-order valence-electron chi connectivity index (χ1n) is 12.2. The predicted molar refractivity (Wildman–Crippen MR) is 149 cm³/mol. The second-order valence-electron chi connectivity index (χ2n) is 8.94. The topological polar surface area (TPSA) is 76.3 Å². The third-order valence-electron chi connectivity index (χ3n) is 6.37. The molecule has 1 N–H and O–H groups in total. The number of nitrogens with one attached hydrogen (secondary N) is 1. The summed E-state index contributed by atoms with van der Waals surface area (Å²) in [5, 5.41) is 5.34. The second-order valence-corrected chi connectivity index (χ2v) is 11.0. The summed E-state index contributed by atoms with van der Waals surface area (Å²) in [4.78, 5) is 33.3. The number of carbonyl (C=O) groups is 1. The molecule has 2 aromatic heterocycles. The molecule has 1 amide bonds. The number of aryl methyl sites for hydroxylation is 4. The van der Waals surface area contributed by atoms with E-state index in [2.05, 4.69) is 17.5 Å². The molecule has 8 heteroatoms. The summed E-state index contributed by atoms with van der Waals surface area (Å²) in [5.41, 5.74) is 7.74.